The number of benzene rings is 1. The van der Waals surface area contributed by atoms with E-state index in [0.29, 0.717) is 10.6 Å². The molecule has 8 nitrogen and oxygen atoms in total. The SMILES string of the molecule is CC(C)(C)OC(=O)N(Cc1ccccc1)N(C(=O)OC(C)(C)C)C(=O)OC(C)(C)C. The summed E-state index contributed by atoms with van der Waals surface area (Å²) in [4.78, 5) is 38.9. The Kier molecular flexibility index (Phi) is 7.89. The lowest BCUT2D eigenvalue weighted by molar-refractivity contribution is -0.0721. The molecule has 0 heterocycles. The number of imide groups is 1. The molecule has 1 aromatic carbocycles. The zero-order valence-corrected chi connectivity index (χ0v) is 19.4. The first-order valence-electron chi connectivity index (χ1n) is 9.79. The summed E-state index contributed by atoms with van der Waals surface area (Å²) < 4.78 is 16.2. The summed E-state index contributed by atoms with van der Waals surface area (Å²) in [6.45, 7) is 14.9. The van der Waals surface area contributed by atoms with Crippen LogP contribution in [0.5, 0.6) is 0 Å². The van der Waals surface area contributed by atoms with Crippen molar-refractivity contribution in [3.05, 3.63) is 35.9 Å². The van der Waals surface area contributed by atoms with E-state index in [0.717, 1.165) is 5.01 Å². The van der Waals surface area contributed by atoms with Crippen LogP contribution in [0.15, 0.2) is 30.3 Å². The van der Waals surface area contributed by atoms with Gasteiger partial charge in [0.05, 0.1) is 6.54 Å². The molecule has 30 heavy (non-hydrogen) atoms. The first-order valence-corrected chi connectivity index (χ1v) is 9.79. The van der Waals surface area contributed by atoms with Crippen LogP contribution < -0.4 is 0 Å². The Labute approximate surface area is 179 Å². The summed E-state index contributed by atoms with van der Waals surface area (Å²) in [5.74, 6) is 0. The second kappa shape index (κ2) is 9.36. The third-order valence-corrected chi connectivity index (χ3v) is 3.15. The second-order valence-corrected chi connectivity index (χ2v) is 9.80. The first-order chi connectivity index (χ1) is 13.5. The van der Waals surface area contributed by atoms with Crippen molar-refractivity contribution in [3.63, 3.8) is 0 Å². The summed E-state index contributed by atoms with van der Waals surface area (Å²) in [6, 6.07) is 8.92. The highest BCUT2D eigenvalue weighted by atomic mass is 16.6. The number of hydrogen-bond donors (Lipinski definition) is 0. The summed E-state index contributed by atoms with van der Waals surface area (Å²) in [5, 5.41) is 1.44. The van der Waals surface area contributed by atoms with Crippen LogP contribution in [0.25, 0.3) is 0 Å². The van der Waals surface area contributed by atoms with Crippen LogP contribution in [0.1, 0.15) is 67.9 Å². The highest BCUT2D eigenvalue weighted by Gasteiger charge is 2.40. The number of hydrogen-bond acceptors (Lipinski definition) is 6. The molecule has 0 saturated carbocycles. The Hall–Kier alpha value is -2.77. The lowest BCUT2D eigenvalue weighted by atomic mass is 10.2. The topological polar surface area (TPSA) is 85.4 Å². The predicted octanol–water partition coefficient (Wildman–Crippen LogP) is 5.51. The van der Waals surface area contributed by atoms with Crippen LogP contribution in [0, 0.1) is 0 Å². The van der Waals surface area contributed by atoms with Gasteiger partial charge in [-0.1, -0.05) is 30.3 Å². The minimum Gasteiger partial charge on any atom is -0.442 e. The molecule has 0 aliphatic rings. The molecule has 0 saturated heterocycles. The van der Waals surface area contributed by atoms with Gasteiger partial charge >= 0.3 is 18.3 Å². The molecule has 0 aromatic heterocycles. The van der Waals surface area contributed by atoms with E-state index in [1.807, 2.05) is 6.07 Å². The van der Waals surface area contributed by atoms with Gasteiger partial charge < -0.3 is 14.2 Å². The van der Waals surface area contributed by atoms with Gasteiger partial charge in [0.25, 0.3) is 0 Å². The summed E-state index contributed by atoms with van der Waals surface area (Å²) in [5.41, 5.74) is -1.96. The second-order valence-electron chi connectivity index (χ2n) is 9.80. The first kappa shape index (κ1) is 25.3. The molecular weight excluding hydrogens is 388 g/mol. The molecule has 0 bridgehead atoms. The van der Waals surface area contributed by atoms with Crippen molar-refractivity contribution in [2.45, 2.75) is 85.7 Å². The maximum absolute atomic E-state index is 13.0. The normalized spacial score (nSPS) is 12.0. The van der Waals surface area contributed by atoms with Crippen LogP contribution in [0.2, 0.25) is 0 Å². The molecule has 1 aromatic rings. The lowest BCUT2D eigenvalue weighted by Crippen LogP contribution is -2.55. The van der Waals surface area contributed by atoms with Gasteiger partial charge in [0.1, 0.15) is 16.8 Å². The van der Waals surface area contributed by atoms with E-state index in [2.05, 4.69) is 0 Å². The molecule has 3 amide bonds. The summed E-state index contributed by atoms with van der Waals surface area (Å²) >= 11 is 0. The molecule has 0 fully saturated rings. The van der Waals surface area contributed by atoms with Crippen LogP contribution in [-0.4, -0.2) is 45.1 Å². The standard InChI is InChI=1S/C22H34N2O6/c1-20(2,3)28-17(25)23(15-16-13-11-10-12-14-16)24(18(26)29-21(4,5)6)19(27)30-22(7,8)9/h10-14H,15H2,1-9H3. The number of nitrogens with zero attached hydrogens (tertiary/aromatic N) is 2. The molecule has 8 heteroatoms. The number of carbonyl (C=O) groups is 3. The average molecular weight is 423 g/mol. The quantitative estimate of drug-likeness (QED) is 0.461. The van der Waals surface area contributed by atoms with Crippen molar-refractivity contribution in [1.29, 1.82) is 0 Å². The molecule has 0 aliphatic carbocycles. The Morgan fingerprint density at radius 2 is 1.03 bits per heavy atom. The van der Waals surface area contributed by atoms with Crippen molar-refractivity contribution in [1.82, 2.24) is 10.0 Å². The number of amides is 3. The van der Waals surface area contributed by atoms with E-state index < -0.39 is 35.1 Å². The summed E-state index contributed by atoms with van der Waals surface area (Å²) in [7, 11) is 0. The monoisotopic (exact) mass is 422 g/mol. The van der Waals surface area contributed by atoms with Crippen LogP contribution >= 0.6 is 0 Å². The van der Waals surface area contributed by atoms with E-state index in [-0.39, 0.29) is 6.54 Å². The minimum atomic E-state index is -1.04. The molecule has 0 unspecified atom stereocenters. The zero-order chi connectivity index (χ0) is 23.3. The van der Waals surface area contributed by atoms with Crippen LogP contribution in [0.3, 0.4) is 0 Å². The van der Waals surface area contributed by atoms with Gasteiger partial charge in [0.2, 0.25) is 0 Å². The highest BCUT2D eigenvalue weighted by molar-refractivity contribution is 5.90. The van der Waals surface area contributed by atoms with E-state index in [4.69, 9.17) is 14.2 Å². The number of hydrazine groups is 1. The highest BCUT2D eigenvalue weighted by Crippen LogP contribution is 2.21. The van der Waals surface area contributed by atoms with Gasteiger partial charge in [-0.2, -0.15) is 5.01 Å². The van der Waals surface area contributed by atoms with Crippen molar-refractivity contribution in [2.75, 3.05) is 0 Å². The van der Waals surface area contributed by atoms with Crippen LogP contribution in [-0.2, 0) is 20.8 Å². The molecule has 0 N–H and O–H groups in total. The predicted molar refractivity (Wildman–Crippen MR) is 113 cm³/mol. The lowest BCUT2D eigenvalue weighted by Gasteiger charge is -2.36. The number of rotatable bonds is 2. The third kappa shape index (κ3) is 9.15. The Bertz CT molecular complexity index is 714. The fraction of sp³-hybridized carbons (Fsp3) is 0.591. The Morgan fingerprint density at radius 1 is 0.667 bits per heavy atom. The Morgan fingerprint density at radius 3 is 1.40 bits per heavy atom. The van der Waals surface area contributed by atoms with E-state index in [1.54, 1.807) is 86.6 Å². The van der Waals surface area contributed by atoms with Gasteiger partial charge in [0.15, 0.2) is 0 Å². The smallest absolute Gasteiger partial charge is 0.439 e. The van der Waals surface area contributed by atoms with Gasteiger partial charge in [-0.3, -0.25) is 0 Å². The maximum atomic E-state index is 13.0. The van der Waals surface area contributed by atoms with Gasteiger partial charge in [-0.15, -0.1) is 5.01 Å². The molecule has 0 aliphatic heterocycles. The van der Waals surface area contributed by atoms with Gasteiger partial charge in [0, 0.05) is 0 Å². The number of carbonyl (C=O) groups excluding carboxylic acids is 3. The van der Waals surface area contributed by atoms with Crippen molar-refractivity contribution >= 4 is 18.3 Å². The fourth-order valence-corrected chi connectivity index (χ4v) is 2.17. The van der Waals surface area contributed by atoms with Crippen molar-refractivity contribution < 1.29 is 28.6 Å². The zero-order valence-electron chi connectivity index (χ0n) is 19.4. The third-order valence-electron chi connectivity index (χ3n) is 3.15. The maximum Gasteiger partial charge on any atom is 0.439 e. The molecule has 0 spiro atoms. The molecule has 0 radical (unpaired) electrons. The largest absolute Gasteiger partial charge is 0.442 e. The molecular formula is C22H34N2O6. The van der Waals surface area contributed by atoms with E-state index in [1.165, 1.54) is 0 Å². The van der Waals surface area contributed by atoms with Crippen molar-refractivity contribution in [2.24, 2.45) is 0 Å². The number of ether oxygens (including phenoxy) is 3. The summed E-state index contributed by atoms with van der Waals surface area (Å²) in [6.07, 6.45) is -2.97. The molecule has 0 atom stereocenters. The minimum absolute atomic E-state index is 0.103. The average Bonchev–Trinajstić information content (AvgIpc) is 2.50. The van der Waals surface area contributed by atoms with E-state index >= 15 is 0 Å². The van der Waals surface area contributed by atoms with E-state index in [9.17, 15) is 14.4 Å². The fourth-order valence-electron chi connectivity index (χ4n) is 2.17. The van der Waals surface area contributed by atoms with Crippen molar-refractivity contribution in [3.8, 4) is 0 Å². The van der Waals surface area contributed by atoms with Gasteiger partial charge in [-0.25, -0.2) is 14.4 Å². The molecule has 1 rings (SSSR count). The Balaban J connectivity index is 3.41. The van der Waals surface area contributed by atoms with Crippen LogP contribution in [0.4, 0.5) is 14.4 Å². The molecule has 168 valence electrons. The van der Waals surface area contributed by atoms with Gasteiger partial charge in [-0.05, 0) is 67.9 Å².